The number of hydrogen-bond donors (Lipinski definition) is 1. The second-order valence-electron chi connectivity index (χ2n) is 5.76. The van der Waals surface area contributed by atoms with Crippen LogP contribution in [0.25, 0.3) is 16.5 Å². The Morgan fingerprint density at radius 1 is 1.25 bits per heavy atom. The van der Waals surface area contributed by atoms with E-state index in [4.69, 9.17) is 0 Å². The molecule has 0 fully saturated rings. The largest absolute Gasteiger partial charge is 0.480 e. The highest BCUT2D eigenvalue weighted by Crippen LogP contribution is 2.39. The van der Waals surface area contributed by atoms with Crippen molar-refractivity contribution in [1.29, 1.82) is 0 Å². The highest BCUT2D eigenvalue weighted by Gasteiger charge is 2.33. The van der Waals surface area contributed by atoms with Crippen molar-refractivity contribution in [2.75, 3.05) is 0 Å². The Morgan fingerprint density at radius 3 is 2.71 bits per heavy atom. The minimum atomic E-state index is -1.01. The van der Waals surface area contributed by atoms with Gasteiger partial charge < -0.3 is 5.11 Å². The molecule has 2 aromatic carbocycles. The van der Waals surface area contributed by atoms with Gasteiger partial charge in [0.05, 0.1) is 5.69 Å². The number of carboxylic acids is 1. The van der Waals surface area contributed by atoms with Crippen molar-refractivity contribution < 1.29 is 9.90 Å². The van der Waals surface area contributed by atoms with Crippen molar-refractivity contribution in [3.8, 4) is 5.69 Å². The van der Waals surface area contributed by atoms with E-state index in [-0.39, 0.29) is 0 Å². The van der Waals surface area contributed by atoms with Gasteiger partial charge in [-0.05, 0) is 43.9 Å². The molecule has 0 bridgehead atoms. The topological polar surface area (TPSA) is 68.0 Å². The number of hydrogen-bond acceptors (Lipinski definition) is 4. The van der Waals surface area contributed by atoms with Crippen LogP contribution in [0.15, 0.2) is 41.8 Å². The first-order chi connectivity index (χ1) is 11.3. The highest BCUT2D eigenvalue weighted by molar-refractivity contribution is 14.1. The molecule has 0 spiro atoms. The van der Waals surface area contributed by atoms with Gasteiger partial charge >= 0.3 is 5.97 Å². The number of halogens is 1. The monoisotopic (exact) mass is 453 g/mol. The number of carboxylic acid groups (broad SMARTS) is 1. The molecule has 3 rings (SSSR count). The standard InChI is InChI=1S/C17H16IN3O2S/c1-10-4-6-12-11(2)5-7-14(13(12)8-10)21-9-19-20-16(21)24-17(3,18)15(22)23/h4-9H,1-3H3,(H,22,23). The number of alkyl halides is 1. The third-order valence-electron chi connectivity index (χ3n) is 3.81. The first-order valence-corrected chi connectivity index (χ1v) is 9.21. The van der Waals surface area contributed by atoms with Crippen LogP contribution in [0.2, 0.25) is 0 Å². The maximum atomic E-state index is 11.4. The molecule has 3 aromatic rings. The van der Waals surface area contributed by atoms with Gasteiger partial charge in [0.1, 0.15) is 6.33 Å². The highest BCUT2D eigenvalue weighted by atomic mass is 127. The van der Waals surface area contributed by atoms with Gasteiger partial charge in [0, 0.05) is 5.39 Å². The average molecular weight is 453 g/mol. The molecule has 1 atom stereocenters. The Labute approximate surface area is 157 Å². The SMILES string of the molecule is Cc1ccc2c(C)ccc(-n3cnnc3SC(C)(I)C(=O)O)c2c1. The molecule has 0 amide bonds. The predicted molar refractivity (Wildman–Crippen MR) is 104 cm³/mol. The summed E-state index contributed by atoms with van der Waals surface area (Å²) in [5.41, 5.74) is 3.31. The Hall–Kier alpha value is -1.61. The van der Waals surface area contributed by atoms with Crippen molar-refractivity contribution in [2.45, 2.75) is 28.7 Å². The molecule has 5 nitrogen and oxygen atoms in total. The number of aryl methyl sites for hydroxylation is 2. The summed E-state index contributed by atoms with van der Waals surface area (Å²) in [4.78, 5) is 11.4. The first-order valence-electron chi connectivity index (χ1n) is 7.31. The van der Waals surface area contributed by atoms with Gasteiger partial charge in [-0.2, -0.15) is 0 Å². The van der Waals surface area contributed by atoms with Crippen molar-refractivity contribution >= 4 is 51.1 Å². The number of aliphatic carboxylic acids is 1. The molecule has 0 radical (unpaired) electrons. The van der Waals surface area contributed by atoms with E-state index in [9.17, 15) is 9.90 Å². The summed E-state index contributed by atoms with van der Waals surface area (Å²) >= 11 is 3.09. The fraction of sp³-hybridized carbons (Fsp3) is 0.235. The lowest BCUT2D eigenvalue weighted by molar-refractivity contribution is -0.136. The molecular formula is C17H16IN3O2S. The van der Waals surface area contributed by atoms with Crippen LogP contribution < -0.4 is 0 Å². The molecular weight excluding hydrogens is 437 g/mol. The molecule has 7 heteroatoms. The Kier molecular flexibility index (Phi) is 4.56. The maximum Gasteiger partial charge on any atom is 0.330 e. The lowest BCUT2D eigenvalue weighted by Crippen LogP contribution is -2.23. The number of rotatable bonds is 4. The van der Waals surface area contributed by atoms with Gasteiger partial charge in [-0.15, -0.1) is 10.2 Å². The van der Waals surface area contributed by atoms with Crippen LogP contribution in [0, 0.1) is 13.8 Å². The van der Waals surface area contributed by atoms with Crippen molar-refractivity contribution in [3.63, 3.8) is 0 Å². The van der Waals surface area contributed by atoms with Gasteiger partial charge in [0.15, 0.2) is 7.91 Å². The smallest absolute Gasteiger partial charge is 0.330 e. The minimum absolute atomic E-state index is 0.556. The molecule has 1 aromatic heterocycles. The molecule has 124 valence electrons. The zero-order chi connectivity index (χ0) is 17.5. The van der Waals surface area contributed by atoms with Crippen molar-refractivity contribution in [1.82, 2.24) is 14.8 Å². The second kappa shape index (κ2) is 6.36. The Bertz CT molecular complexity index is 937. The van der Waals surface area contributed by atoms with E-state index in [1.165, 1.54) is 28.3 Å². The number of carbonyl (C=O) groups is 1. The summed E-state index contributed by atoms with van der Waals surface area (Å²) in [5, 5.41) is 20.3. The van der Waals surface area contributed by atoms with E-state index < -0.39 is 8.72 Å². The van der Waals surface area contributed by atoms with Crippen LogP contribution in [-0.2, 0) is 4.79 Å². The van der Waals surface area contributed by atoms with E-state index in [0.717, 1.165) is 11.1 Å². The van der Waals surface area contributed by atoms with Crippen molar-refractivity contribution in [2.24, 2.45) is 0 Å². The Morgan fingerprint density at radius 2 is 2.00 bits per heavy atom. The van der Waals surface area contributed by atoms with Gasteiger partial charge in [0.2, 0.25) is 0 Å². The molecule has 0 saturated heterocycles. The number of fused-ring (bicyclic) bond motifs is 1. The fourth-order valence-electron chi connectivity index (χ4n) is 2.48. The lowest BCUT2D eigenvalue weighted by Gasteiger charge is -2.17. The molecule has 1 unspecified atom stereocenters. The predicted octanol–water partition coefficient (Wildman–Crippen LogP) is 4.37. The van der Waals surface area contributed by atoms with Gasteiger partial charge in [-0.3, -0.25) is 4.57 Å². The van der Waals surface area contributed by atoms with E-state index >= 15 is 0 Å². The zero-order valence-electron chi connectivity index (χ0n) is 13.4. The van der Waals surface area contributed by atoms with Crippen LogP contribution in [-0.4, -0.2) is 28.6 Å². The number of thioether (sulfide) groups is 1. The van der Waals surface area contributed by atoms with Gasteiger partial charge in [-0.25, -0.2) is 4.79 Å². The van der Waals surface area contributed by atoms with E-state index in [2.05, 4.69) is 48.3 Å². The van der Waals surface area contributed by atoms with E-state index in [1.54, 1.807) is 13.3 Å². The minimum Gasteiger partial charge on any atom is -0.480 e. The van der Waals surface area contributed by atoms with Crippen LogP contribution in [0.5, 0.6) is 0 Å². The summed E-state index contributed by atoms with van der Waals surface area (Å²) in [6, 6.07) is 10.4. The van der Waals surface area contributed by atoms with Crippen LogP contribution >= 0.6 is 34.4 Å². The van der Waals surface area contributed by atoms with Crippen LogP contribution in [0.3, 0.4) is 0 Å². The third-order valence-corrected chi connectivity index (χ3v) is 5.95. The number of nitrogens with zero attached hydrogens (tertiary/aromatic N) is 3. The molecule has 24 heavy (non-hydrogen) atoms. The van der Waals surface area contributed by atoms with Gasteiger partial charge in [0.25, 0.3) is 0 Å². The molecule has 1 N–H and O–H groups in total. The summed E-state index contributed by atoms with van der Waals surface area (Å²) in [6.45, 7) is 5.78. The molecule has 0 aliphatic heterocycles. The fourth-order valence-corrected chi connectivity index (χ4v) is 3.83. The summed E-state index contributed by atoms with van der Waals surface area (Å²) < 4.78 is 0.838. The number of aromatic nitrogens is 3. The van der Waals surface area contributed by atoms with Crippen LogP contribution in [0.4, 0.5) is 0 Å². The summed E-state index contributed by atoms with van der Waals surface area (Å²) in [5.74, 6) is -0.896. The lowest BCUT2D eigenvalue weighted by atomic mass is 10.0. The quantitative estimate of drug-likeness (QED) is 0.361. The molecule has 1 heterocycles. The van der Waals surface area contributed by atoms with Crippen LogP contribution in [0.1, 0.15) is 18.1 Å². The Balaban J connectivity index is 2.17. The molecule has 0 aliphatic rings. The second-order valence-corrected chi connectivity index (χ2v) is 10.0. The zero-order valence-corrected chi connectivity index (χ0v) is 16.4. The first kappa shape index (κ1) is 17.2. The number of benzene rings is 2. The normalized spacial score (nSPS) is 13.8. The van der Waals surface area contributed by atoms with Crippen molar-refractivity contribution in [3.05, 3.63) is 47.8 Å². The third kappa shape index (κ3) is 3.14. The van der Waals surface area contributed by atoms with E-state index in [1.807, 2.05) is 33.2 Å². The van der Waals surface area contributed by atoms with Gasteiger partial charge in [-0.1, -0.05) is 58.1 Å². The maximum absolute atomic E-state index is 11.4. The average Bonchev–Trinajstić information content (AvgIpc) is 2.94. The molecule has 0 saturated carbocycles. The molecule has 0 aliphatic carbocycles. The summed E-state index contributed by atoms with van der Waals surface area (Å²) in [7, 11) is 0. The van der Waals surface area contributed by atoms with E-state index in [0.29, 0.717) is 5.16 Å². The summed E-state index contributed by atoms with van der Waals surface area (Å²) in [6.07, 6.45) is 1.63.